The topological polar surface area (TPSA) is 114 Å². The first-order valence-electron chi connectivity index (χ1n) is 11.2. The molecular formula is C25H23F2N5O3. The van der Waals surface area contributed by atoms with E-state index in [-0.39, 0.29) is 34.0 Å². The van der Waals surface area contributed by atoms with Crippen LogP contribution in [0.5, 0.6) is 0 Å². The van der Waals surface area contributed by atoms with Crippen molar-refractivity contribution < 1.29 is 19.0 Å². The van der Waals surface area contributed by atoms with Gasteiger partial charge in [-0.05, 0) is 43.2 Å². The molecule has 4 aromatic rings. The van der Waals surface area contributed by atoms with Crippen molar-refractivity contribution in [2.45, 2.75) is 25.6 Å². The second-order valence-electron chi connectivity index (χ2n) is 8.42. The molecule has 0 atom stereocenters. The Labute approximate surface area is 198 Å². The maximum Gasteiger partial charge on any atom is 0.259 e. The Bertz CT molecular complexity index is 1410. The number of aliphatic hydroxyl groups is 2. The third-order valence-electron chi connectivity index (χ3n) is 6.16. The normalized spacial score (nSPS) is 14.5. The highest BCUT2D eigenvalue weighted by molar-refractivity contribution is 5.96. The van der Waals surface area contributed by atoms with E-state index in [1.165, 1.54) is 18.3 Å². The van der Waals surface area contributed by atoms with Gasteiger partial charge in [0, 0.05) is 24.8 Å². The van der Waals surface area contributed by atoms with E-state index in [1.807, 2.05) is 6.07 Å². The Balaban J connectivity index is 1.58. The predicted molar refractivity (Wildman–Crippen MR) is 129 cm³/mol. The number of nitrogens with zero attached hydrogens (tertiary/aromatic N) is 3. The quantitative estimate of drug-likeness (QED) is 0.347. The number of fused-ring (bicyclic) bond motifs is 1. The van der Waals surface area contributed by atoms with Gasteiger partial charge in [0.15, 0.2) is 0 Å². The molecular weight excluding hydrogens is 456 g/mol. The molecule has 1 aliphatic heterocycles. The SMILES string of the molecule is O=c1[nH]cc(CO)c2nc(-c3c(F)cccc3F)cc(Nc3ccc(N4CCC(O)CC4)cn3)c12. The van der Waals surface area contributed by atoms with Gasteiger partial charge in [-0.25, -0.2) is 18.7 Å². The van der Waals surface area contributed by atoms with E-state index >= 15 is 0 Å². The molecule has 5 rings (SSSR count). The summed E-state index contributed by atoms with van der Waals surface area (Å²) < 4.78 is 29.1. The molecule has 0 radical (unpaired) electrons. The number of halogens is 2. The summed E-state index contributed by atoms with van der Waals surface area (Å²) in [4.78, 5) is 26.2. The van der Waals surface area contributed by atoms with E-state index in [2.05, 4.69) is 25.2 Å². The number of aliphatic hydroxyl groups excluding tert-OH is 2. The fourth-order valence-corrected chi connectivity index (χ4v) is 4.30. The van der Waals surface area contributed by atoms with Crippen LogP contribution in [0.3, 0.4) is 0 Å². The van der Waals surface area contributed by atoms with Crippen LogP contribution in [0.15, 0.2) is 53.6 Å². The molecule has 0 amide bonds. The molecule has 0 aliphatic carbocycles. The molecule has 1 saturated heterocycles. The Morgan fingerprint density at radius 1 is 1.14 bits per heavy atom. The van der Waals surface area contributed by atoms with Gasteiger partial charge in [-0.15, -0.1) is 0 Å². The molecule has 1 aromatic carbocycles. The predicted octanol–water partition coefficient (Wildman–Crippen LogP) is 3.46. The standard InChI is InChI=1S/C25H23F2N5O3/c26-17-2-1-3-18(27)22(17)19-10-20(23-24(31-19)14(13-33)11-29-25(23)35)30-21-5-4-15(12-28-21)32-8-6-16(34)7-9-32/h1-5,10-12,16,33-34H,6-9,13H2,(H,29,35)(H,28,30,31). The van der Waals surface area contributed by atoms with Crippen molar-refractivity contribution in [3.63, 3.8) is 0 Å². The summed E-state index contributed by atoms with van der Waals surface area (Å²) in [5.74, 6) is -1.19. The summed E-state index contributed by atoms with van der Waals surface area (Å²) in [6, 6.07) is 8.51. The number of hydrogen-bond acceptors (Lipinski definition) is 7. The number of anilines is 3. The van der Waals surface area contributed by atoms with E-state index in [0.717, 1.165) is 30.9 Å². The molecule has 180 valence electrons. The summed E-state index contributed by atoms with van der Waals surface area (Å²) in [5.41, 5.74) is 0.731. The number of H-pyrrole nitrogens is 1. The van der Waals surface area contributed by atoms with Crippen molar-refractivity contribution in [3.8, 4) is 11.3 Å². The van der Waals surface area contributed by atoms with Gasteiger partial charge in [-0.1, -0.05) is 6.07 Å². The van der Waals surface area contributed by atoms with E-state index < -0.39 is 23.8 Å². The zero-order valence-corrected chi connectivity index (χ0v) is 18.6. The second kappa shape index (κ2) is 9.40. The van der Waals surface area contributed by atoms with Crippen LogP contribution in [0, 0.1) is 11.6 Å². The summed E-state index contributed by atoms with van der Waals surface area (Å²) in [6.45, 7) is 1.02. The summed E-state index contributed by atoms with van der Waals surface area (Å²) >= 11 is 0. The van der Waals surface area contributed by atoms with Crippen molar-refractivity contribution in [1.82, 2.24) is 15.0 Å². The van der Waals surface area contributed by atoms with Crippen molar-refractivity contribution >= 4 is 28.1 Å². The lowest BCUT2D eigenvalue weighted by Crippen LogP contribution is -2.35. The van der Waals surface area contributed by atoms with E-state index in [1.54, 1.807) is 12.3 Å². The number of piperidine rings is 1. The Hall–Kier alpha value is -3.89. The molecule has 3 aromatic heterocycles. The summed E-state index contributed by atoms with van der Waals surface area (Å²) in [7, 11) is 0. The number of aromatic nitrogens is 3. The van der Waals surface area contributed by atoms with Gasteiger partial charge in [0.05, 0.1) is 52.4 Å². The Morgan fingerprint density at radius 3 is 2.54 bits per heavy atom. The number of nitrogens with one attached hydrogen (secondary N) is 2. The smallest absolute Gasteiger partial charge is 0.259 e. The minimum atomic E-state index is -0.799. The molecule has 10 heteroatoms. The third-order valence-corrected chi connectivity index (χ3v) is 6.16. The number of aromatic amines is 1. The maximum atomic E-state index is 14.6. The lowest BCUT2D eigenvalue weighted by Gasteiger charge is -2.31. The van der Waals surface area contributed by atoms with Crippen molar-refractivity contribution in [1.29, 1.82) is 0 Å². The van der Waals surface area contributed by atoms with E-state index in [4.69, 9.17) is 0 Å². The Morgan fingerprint density at radius 2 is 1.89 bits per heavy atom. The number of pyridine rings is 3. The van der Waals surface area contributed by atoms with Crippen LogP contribution in [-0.4, -0.2) is 44.4 Å². The number of hydrogen-bond donors (Lipinski definition) is 4. The molecule has 4 heterocycles. The van der Waals surface area contributed by atoms with Crippen molar-refractivity contribution in [2.75, 3.05) is 23.3 Å². The lowest BCUT2D eigenvalue weighted by molar-refractivity contribution is 0.145. The van der Waals surface area contributed by atoms with Crippen LogP contribution in [0.1, 0.15) is 18.4 Å². The highest BCUT2D eigenvalue weighted by atomic mass is 19.1. The third kappa shape index (κ3) is 4.45. The van der Waals surface area contributed by atoms with Gasteiger partial charge in [-0.3, -0.25) is 4.79 Å². The van der Waals surface area contributed by atoms with Crippen LogP contribution in [0.25, 0.3) is 22.2 Å². The summed E-state index contributed by atoms with van der Waals surface area (Å²) in [6.07, 6.45) is 4.11. The van der Waals surface area contributed by atoms with Gasteiger partial charge < -0.3 is 25.4 Å². The van der Waals surface area contributed by atoms with Gasteiger partial charge in [0.1, 0.15) is 17.5 Å². The van der Waals surface area contributed by atoms with Crippen LogP contribution in [0.2, 0.25) is 0 Å². The fourth-order valence-electron chi connectivity index (χ4n) is 4.30. The lowest BCUT2D eigenvalue weighted by atomic mass is 10.1. The van der Waals surface area contributed by atoms with Gasteiger partial charge in [-0.2, -0.15) is 0 Å². The minimum absolute atomic E-state index is 0.0283. The number of benzene rings is 1. The van der Waals surface area contributed by atoms with Crippen LogP contribution in [0.4, 0.5) is 26.0 Å². The van der Waals surface area contributed by atoms with E-state index in [9.17, 15) is 23.8 Å². The molecule has 1 aliphatic rings. The average molecular weight is 479 g/mol. The zero-order valence-electron chi connectivity index (χ0n) is 18.6. The zero-order chi connectivity index (χ0) is 24.5. The van der Waals surface area contributed by atoms with Crippen molar-refractivity contribution in [3.05, 3.63) is 76.3 Å². The molecule has 0 spiro atoms. The molecule has 0 bridgehead atoms. The Kier molecular flexibility index (Phi) is 6.14. The molecule has 1 fully saturated rings. The monoisotopic (exact) mass is 479 g/mol. The highest BCUT2D eigenvalue weighted by Crippen LogP contribution is 2.32. The minimum Gasteiger partial charge on any atom is -0.393 e. The molecule has 8 nitrogen and oxygen atoms in total. The highest BCUT2D eigenvalue weighted by Gasteiger charge is 2.20. The summed E-state index contributed by atoms with van der Waals surface area (Å²) in [5, 5.41) is 22.7. The van der Waals surface area contributed by atoms with Crippen LogP contribution < -0.4 is 15.8 Å². The average Bonchev–Trinajstić information content (AvgIpc) is 2.85. The molecule has 35 heavy (non-hydrogen) atoms. The van der Waals surface area contributed by atoms with Crippen molar-refractivity contribution in [2.24, 2.45) is 0 Å². The maximum absolute atomic E-state index is 14.6. The van der Waals surface area contributed by atoms with Crippen LogP contribution >= 0.6 is 0 Å². The number of rotatable bonds is 5. The van der Waals surface area contributed by atoms with Crippen LogP contribution in [-0.2, 0) is 6.61 Å². The van der Waals surface area contributed by atoms with Gasteiger partial charge in [0.2, 0.25) is 0 Å². The first-order valence-corrected chi connectivity index (χ1v) is 11.2. The van der Waals surface area contributed by atoms with E-state index in [0.29, 0.717) is 24.2 Å². The molecule has 0 unspecified atom stereocenters. The fraction of sp³-hybridized carbons (Fsp3) is 0.240. The molecule has 0 saturated carbocycles. The molecule has 4 N–H and O–H groups in total. The van der Waals surface area contributed by atoms with Gasteiger partial charge >= 0.3 is 0 Å². The second-order valence-corrected chi connectivity index (χ2v) is 8.42. The first kappa shape index (κ1) is 22.9. The first-order chi connectivity index (χ1) is 16.9. The van der Waals surface area contributed by atoms with Gasteiger partial charge in [0.25, 0.3) is 5.56 Å². The largest absolute Gasteiger partial charge is 0.393 e.